The van der Waals surface area contributed by atoms with Crippen molar-refractivity contribution in [3.05, 3.63) is 66.0 Å². The summed E-state index contributed by atoms with van der Waals surface area (Å²) in [4.78, 5) is 19.1. The number of hydrogen-bond donors (Lipinski definition) is 0. The number of thioether (sulfide) groups is 1. The molecular weight excluding hydrogens is 424 g/mol. The molecule has 1 heterocycles. The van der Waals surface area contributed by atoms with E-state index in [2.05, 4.69) is 9.72 Å². The third-order valence-corrected chi connectivity index (χ3v) is 5.09. The molecule has 9 heteroatoms. The van der Waals surface area contributed by atoms with E-state index in [1.165, 1.54) is 17.8 Å². The number of nitrogens with zero attached hydrogens (tertiary/aromatic N) is 3. The standard InChI is InChI=1S/C22H23F2N3O3S/c1-4-29-19-12-15(10-11-18(19)30-21(23)24)14-26(2)20(28)17-13-25-22(31-3)27(17)16-8-6-5-7-9-16/h5-13,21H,4,14H2,1-3H3. The first kappa shape index (κ1) is 22.6. The topological polar surface area (TPSA) is 56.6 Å². The first-order chi connectivity index (χ1) is 14.9. The third-order valence-electron chi connectivity index (χ3n) is 4.44. The number of amides is 1. The predicted octanol–water partition coefficient (Wildman–Crippen LogP) is 4.87. The summed E-state index contributed by atoms with van der Waals surface area (Å²) in [5.74, 6) is -0.0518. The van der Waals surface area contributed by atoms with Gasteiger partial charge in [-0.2, -0.15) is 8.78 Å². The fraction of sp³-hybridized carbons (Fsp3) is 0.273. The zero-order valence-electron chi connectivity index (χ0n) is 17.4. The van der Waals surface area contributed by atoms with E-state index in [0.717, 1.165) is 11.3 Å². The lowest BCUT2D eigenvalue weighted by atomic mass is 10.2. The predicted molar refractivity (Wildman–Crippen MR) is 115 cm³/mol. The molecule has 31 heavy (non-hydrogen) atoms. The van der Waals surface area contributed by atoms with Gasteiger partial charge in [0.25, 0.3) is 5.91 Å². The first-order valence-electron chi connectivity index (χ1n) is 9.57. The Hall–Kier alpha value is -3.07. The van der Waals surface area contributed by atoms with Crippen LogP contribution < -0.4 is 9.47 Å². The maximum Gasteiger partial charge on any atom is 0.387 e. The summed E-state index contributed by atoms with van der Waals surface area (Å²) in [6.07, 6.45) is 3.46. The number of imidazole rings is 1. The van der Waals surface area contributed by atoms with Gasteiger partial charge in [0, 0.05) is 19.3 Å². The molecule has 3 rings (SSSR count). The van der Waals surface area contributed by atoms with Crippen molar-refractivity contribution in [1.29, 1.82) is 0 Å². The molecule has 164 valence electrons. The van der Waals surface area contributed by atoms with Gasteiger partial charge in [-0.1, -0.05) is 36.0 Å². The van der Waals surface area contributed by atoms with Gasteiger partial charge in [-0.05, 0) is 43.0 Å². The summed E-state index contributed by atoms with van der Waals surface area (Å²) in [5, 5.41) is 0.704. The number of halogens is 2. The van der Waals surface area contributed by atoms with E-state index < -0.39 is 6.61 Å². The molecule has 2 aromatic carbocycles. The fourth-order valence-corrected chi connectivity index (χ4v) is 3.65. The second-order valence-electron chi connectivity index (χ2n) is 6.55. The van der Waals surface area contributed by atoms with Crippen LogP contribution in [0.3, 0.4) is 0 Å². The number of hydrogen-bond acceptors (Lipinski definition) is 5. The molecule has 0 aliphatic carbocycles. The molecule has 6 nitrogen and oxygen atoms in total. The van der Waals surface area contributed by atoms with Crippen molar-refractivity contribution in [3.63, 3.8) is 0 Å². The van der Waals surface area contributed by atoms with Crippen molar-refractivity contribution in [2.24, 2.45) is 0 Å². The van der Waals surface area contributed by atoms with E-state index in [-0.39, 0.29) is 24.0 Å². The van der Waals surface area contributed by atoms with Gasteiger partial charge in [-0.25, -0.2) is 4.98 Å². The number of alkyl halides is 2. The van der Waals surface area contributed by atoms with Gasteiger partial charge < -0.3 is 14.4 Å². The lowest BCUT2D eigenvalue weighted by molar-refractivity contribution is -0.0514. The highest BCUT2D eigenvalue weighted by Crippen LogP contribution is 2.30. The number of benzene rings is 2. The van der Waals surface area contributed by atoms with E-state index in [9.17, 15) is 13.6 Å². The van der Waals surface area contributed by atoms with Crippen molar-refractivity contribution < 1.29 is 23.0 Å². The van der Waals surface area contributed by atoms with Gasteiger partial charge in [0.15, 0.2) is 16.7 Å². The van der Waals surface area contributed by atoms with E-state index in [1.54, 1.807) is 37.2 Å². The van der Waals surface area contributed by atoms with Gasteiger partial charge in [0.1, 0.15) is 5.69 Å². The van der Waals surface area contributed by atoms with E-state index >= 15 is 0 Å². The van der Waals surface area contributed by atoms with Crippen LogP contribution in [-0.4, -0.2) is 46.9 Å². The van der Waals surface area contributed by atoms with E-state index in [0.29, 0.717) is 17.5 Å². The Morgan fingerprint density at radius 3 is 2.58 bits per heavy atom. The molecule has 0 radical (unpaired) electrons. The fourth-order valence-electron chi connectivity index (χ4n) is 3.11. The number of para-hydroxylation sites is 1. The van der Waals surface area contributed by atoms with Crippen molar-refractivity contribution >= 4 is 17.7 Å². The number of carbonyl (C=O) groups is 1. The second kappa shape index (κ2) is 10.3. The van der Waals surface area contributed by atoms with Gasteiger partial charge in [0.2, 0.25) is 0 Å². The molecular formula is C22H23F2N3O3S. The summed E-state index contributed by atoms with van der Waals surface area (Å²) in [7, 11) is 1.67. The summed E-state index contributed by atoms with van der Waals surface area (Å²) >= 11 is 1.45. The molecule has 0 aliphatic heterocycles. The number of carbonyl (C=O) groups excluding carboxylic acids is 1. The van der Waals surface area contributed by atoms with Crippen LogP contribution in [0.15, 0.2) is 59.9 Å². The Bertz CT molecular complexity index is 1030. The highest BCUT2D eigenvalue weighted by Gasteiger charge is 2.21. The van der Waals surface area contributed by atoms with Crippen LogP contribution in [0.4, 0.5) is 8.78 Å². The van der Waals surface area contributed by atoms with E-state index in [4.69, 9.17) is 4.74 Å². The van der Waals surface area contributed by atoms with Gasteiger partial charge >= 0.3 is 6.61 Å². The number of aromatic nitrogens is 2. The largest absolute Gasteiger partial charge is 0.490 e. The molecule has 0 saturated carbocycles. The molecule has 0 spiro atoms. The Morgan fingerprint density at radius 2 is 1.94 bits per heavy atom. The molecule has 0 atom stereocenters. The number of rotatable bonds is 9. The van der Waals surface area contributed by atoms with Crippen LogP contribution in [0.2, 0.25) is 0 Å². The average Bonchev–Trinajstić information content (AvgIpc) is 3.19. The Kier molecular flexibility index (Phi) is 7.51. The highest BCUT2D eigenvalue weighted by molar-refractivity contribution is 7.98. The minimum Gasteiger partial charge on any atom is -0.490 e. The van der Waals surface area contributed by atoms with Gasteiger partial charge in [-0.15, -0.1) is 0 Å². The Balaban J connectivity index is 1.85. The van der Waals surface area contributed by atoms with Crippen molar-refractivity contribution in [3.8, 4) is 17.2 Å². The van der Waals surface area contributed by atoms with Crippen molar-refractivity contribution in [1.82, 2.24) is 14.5 Å². The first-order valence-corrected chi connectivity index (χ1v) is 10.8. The second-order valence-corrected chi connectivity index (χ2v) is 7.33. The number of ether oxygens (including phenoxy) is 2. The summed E-state index contributed by atoms with van der Waals surface area (Å²) in [6.45, 7) is -0.644. The van der Waals surface area contributed by atoms with Crippen LogP contribution >= 0.6 is 11.8 Å². The molecule has 0 bridgehead atoms. The highest BCUT2D eigenvalue weighted by atomic mass is 32.2. The maximum absolute atomic E-state index is 13.2. The molecule has 0 unspecified atom stereocenters. The molecule has 0 fully saturated rings. The average molecular weight is 448 g/mol. The minimum absolute atomic E-state index is 0.0404. The molecule has 0 N–H and O–H groups in total. The van der Waals surface area contributed by atoms with Gasteiger partial charge in [0.05, 0.1) is 12.8 Å². The van der Waals surface area contributed by atoms with Crippen LogP contribution in [-0.2, 0) is 6.54 Å². The zero-order chi connectivity index (χ0) is 22.4. The van der Waals surface area contributed by atoms with Crippen LogP contribution in [0, 0.1) is 0 Å². The van der Waals surface area contributed by atoms with E-state index in [1.807, 2.05) is 41.2 Å². The minimum atomic E-state index is -2.95. The Morgan fingerprint density at radius 1 is 1.19 bits per heavy atom. The van der Waals surface area contributed by atoms with Crippen LogP contribution in [0.1, 0.15) is 23.0 Å². The summed E-state index contributed by atoms with van der Waals surface area (Å²) in [5.41, 5.74) is 1.99. The van der Waals surface area contributed by atoms with Crippen molar-refractivity contribution in [2.75, 3.05) is 19.9 Å². The molecule has 0 saturated heterocycles. The van der Waals surface area contributed by atoms with Crippen LogP contribution in [0.5, 0.6) is 11.5 Å². The molecule has 1 amide bonds. The normalized spacial score (nSPS) is 10.9. The maximum atomic E-state index is 13.2. The SMILES string of the molecule is CCOc1cc(CN(C)C(=O)c2cnc(SC)n2-c2ccccc2)ccc1OC(F)F. The zero-order valence-corrected chi connectivity index (χ0v) is 18.2. The van der Waals surface area contributed by atoms with Crippen molar-refractivity contribution in [2.45, 2.75) is 25.2 Å². The Labute approximate surface area is 183 Å². The molecule has 3 aromatic rings. The summed E-state index contributed by atoms with van der Waals surface area (Å²) < 4.78 is 37.0. The van der Waals surface area contributed by atoms with Crippen LogP contribution in [0.25, 0.3) is 5.69 Å². The third kappa shape index (κ3) is 5.35. The van der Waals surface area contributed by atoms with Gasteiger partial charge in [-0.3, -0.25) is 9.36 Å². The molecule has 1 aromatic heterocycles. The lowest BCUT2D eigenvalue weighted by Crippen LogP contribution is -2.28. The quantitative estimate of drug-likeness (QED) is 0.438. The monoisotopic (exact) mass is 447 g/mol. The molecule has 0 aliphatic rings. The smallest absolute Gasteiger partial charge is 0.387 e. The lowest BCUT2D eigenvalue weighted by Gasteiger charge is -2.20. The summed E-state index contributed by atoms with van der Waals surface area (Å²) in [6, 6.07) is 14.2.